The highest BCUT2D eigenvalue weighted by molar-refractivity contribution is 6.25. The highest BCUT2D eigenvalue weighted by atomic mass is 15.1. The second kappa shape index (κ2) is 14.8. The zero-order valence-electron chi connectivity index (χ0n) is 34.0. The molecule has 1 aromatic heterocycles. The van der Waals surface area contributed by atoms with Gasteiger partial charge in [-0.1, -0.05) is 182 Å². The molecule has 0 fully saturated rings. The van der Waals surface area contributed by atoms with E-state index in [1.807, 2.05) is 0 Å². The molecule has 0 bridgehead atoms. The van der Waals surface area contributed by atoms with E-state index in [0.717, 1.165) is 28.3 Å². The molecule has 0 aliphatic heterocycles. The van der Waals surface area contributed by atoms with Crippen molar-refractivity contribution in [1.82, 2.24) is 4.57 Å². The average Bonchev–Trinajstić information content (AvgIpc) is 3.70. The van der Waals surface area contributed by atoms with E-state index in [1.165, 1.54) is 81.9 Å². The summed E-state index contributed by atoms with van der Waals surface area (Å²) >= 11 is 0. The topological polar surface area (TPSA) is 8.17 Å². The van der Waals surface area contributed by atoms with Gasteiger partial charge in [0.15, 0.2) is 0 Å². The molecule has 290 valence electrons. The minimum absolute atomic E-state index is 1.08. The van der Waals surface area contributed by atoms with Crippen molar-refractivity contribution in [2.75, 3.05) is 4.90 Å². The van der Waals surface area contributed by atoms with E-state index in [2.05, 4.69) is 252 Å². The zero-order chi connectivity index (χ0) is 41.0. The summed E-state index contributed by atoms with van der Waals surface area (Å²) in [5.74, 6) is 0. The number of rotatable bonds is 7. The predicted octanol–water partition coefficient (Wildman–Crippen LogP) is 16.7. The summed E-state index contributed by atoms with van der Waals surface area (Å²) in [4.78, 5) is 2.49. The largest absolute Gasteiger partial charge is 0.310 e. The van der Waals surface area contributed by atoms with Crippen LogP contribution in [0, 0.1) is 0 Å². The average molecular weight is 789 g/mol. The van der Waals surface area contributed by atoms with Crippen LogP contribution in [0.2, 0.25) is 0 Å². The molecule has 0 saturated carbocycles. The first kappa shape index (κ1) is 35.7. The maximum Gasteiger partial charge on any atom is 0.0547 e. The highest BCUT2D eigenvalue weighted by Gasteiger charge is 2.22. The number of para-hydroxylation sites is 1. The van der Waals surface area contributed by atoms with E-state index in [0.29, 0.717) is 0 Å². The summed E-state index contributed by atoms with van der Waals surface area (Å²) < 4.78 is 2.43. The van der Waals surface area contributed by atoms with Crippen LogP contribution in [-0.4, -0.2) is 4.57 Å². The molecule has 0 aliphatic rings. The number of nitrogens with zero attached hydrogens (tertiary/aromatic N) is 2. The van der Waals surface area contributed by atoms with Crippen LogP contribution in [0.1, 0.15) is 0 Å². The van der Waals surface area contributed by atoms with Crippen LogP contribution in [0.4, 0.5) is 17.1 Å². The number of hydrogen-bond donors (Lipinski definition) is 0. The summed E-state index contributed by atoms with van der Waals surface area (Å²) in [5, 5.41) is 9.88. The van der Waals surface area contributed by atoms with Crippen molar-refractivity contribution < 1.29 is 0 Å². The van der Waals surface area contributed by atoms with Crippen molar-refractivity contribution in [2.45, 2.75) is 0 Å². The van der Waals surface area contributed by atoms with Gasteiger partial charge in [0.25, 0.3) is 0 Å². The molecule has 0 aliphatic carbocycles. The highest BCUT2D eigenvalue weighted by Crippen LogP contribution is 2.47. The normalized spacial score (nSPS) is 11.5. The molecule has 12 rings (SSSR count). The quantitative estimate of drug-likeness (QED) is 0.146. The van der Waals surface area contributed by atoms with E-state index in [4.69, 9.17) is 0 Å². The first-order chi connectivity index (χ1) is 30.8. The SMILES string of the molecule is c1ccc(-c2cc(-c3ccccc3)cc(N(c3cccc(-c4cccc5c4c4c6ccccc6ccc4n5-c4ccccc4)c3)c3cc4ccccc4c4ccccc34)c2)cc1. The van der Waals surface area contributed by atoms with Gasteiger partial charge in [0.1, 0.15) is 0 Å². The first-order valence-electron chi connectivity index (χ1n) is 21.3. The summed E-state index contributed by atoms with van der Waals surface area (Å²) in [6.07, 6.45) is 0. The van der Waals surface area contributed by atoms with E-state index in [1.54, 1.807) is 0 Å². The fraction of sp³-hybridized carbons (Fsp3) is 0. The first-order valence-corrected chi connectivity index (χ1v) is 21.3. The van der Waals surface area contributed by atoms with Crippen molar-refractivity contribution in [3.05, 3.63) is 243 Å². The Kier molecular flexibility index (Phi) is 8.53. The lowest BCUT2D eigenvalue weighted by Crippen LogP contribution is -2.11. The maximum atomic E-state index is 2.49. The molecule has 11 aromatic carbocycles. The van der Waals surface area contributed by atoms with Crippen LogP contribution >= 0.6 is 0 Å². The van der Waals surface area contributed by atoms with Gasteiger partial charge in [-0.15, -0.1) is 0 Å². The lowest BCUT2D eigenvalue weighted by molar-refractivity contribution is 1.18. The molecule has 0 atom stereocenters. The van der Waals surface area contributed by atoms with Crippen LogP contribution < -0.4 is 4.90 Å². The summed E-state index contributed by atoms with van der Waals surface area (Å²) in [7, 11) is 0. The van der Waals surface area contributed by atoms with Gasteiger partial charge in [0, 0.05) is 33.2 Å². The predicted molar refractivity (Wildman–Crippen MR) is 264 cm³/mol. The van der Waals surface area contributed by atoms with Crippen LogP contribution in [0.5, 0.6) is 0 Å². The van der Waals surface area contributed by atoms with Gasteiger partial charge in [0.05, 0.1) is 16.7 Å². The third-order valence-electron chi connectivity index (χ3n) is 12.5. The monoisotopic (exact) mass is 788 g/mol. The van der Waals surface area contributed by atoms with Crippen molar-refractivity contribution in [3.8, 4) is 39.1 Å². The van der Waals surface area contributed by atoms with Crippen molar-refractivity contribution in [2.24, 2.45) is 0 Å². The molecule has 0 saturated heterocycles. The standard InChI is InChI=1S/C60H40N2/c1-4-18-41(19-5-1)46-36-47(42-20-6-2-7-21-42)39-50(38-46)61(58-40-45-23-11-12-28-51(45)54-30-14-15-31-55(54)58)49-27-16-24-44(37-49)53-32-17-33-56-60(53)59-52-29-13-10-22-43(52)34-35-57(59)62(56)48-25-8-3-9-26-48/h1-40H. The van der Waals surface area contributed by atoms with Crippen molar-refractivity contribution >= 4 is 71.2 Å². The van der Waals surface area contributed by atoms with Crippen LogP contribution in [0.25, 0.3) is 93.2 Å². The van der Waals surface area contributed by atoms with E-state index >= 15 is 0 Å². The number of fused-ring (bicyclic) bond motifs is 8. The summed E-state index contributed by atoms with van der Waals surface area (Å²) in [5.41, 5.74) is 13.9. The molecule has 0 amide bonds. The second-order valence-electron chi connectivity index (χ2n) is 16.1. The Morgan fingerprint density at radius 2 is 0.839 bits per heavy atom. The molecule has 12 aromatic rings. The molecule has 0 N–H and O–H groups in total. The van der Waals surface area contributed by atoms with E-state index in [9.17, 15) is 0 Å². The minimum Gasteiger partial charge on any atom is -0.310 e. The third kappa shape index (κ3) is 5.96. The lowest BCUT2D eigenvalue weighted by atomic mass is 9.95. The fourth-order valence-electron chi connectivity index (χ4n) is 9.72. The van der Waals surface area contributed by atoms with Gasteiger partial charge >= 0.3 is 0 Å². The van der Waals surface area contributed by atoms with Gasteiger partial charge in [-0.25, -0.2) is 0 Å². The third-order valence-corrected chi connectivity index (χ3v) is 12.5. The van der Waals surface area contributed by atoms with Crippen LogP contribution in [-0.2, 0) is 0 Å². The Morgan fingerprint density at radius 1 is 0.290 bits per heavy atom. The molecule has 2 heteroatoms. The summed E-state index contributed by atoms with van der Waals surface area (Å²) in [6.45, 7) is 0. The van der Waals surface area contributed by atoms with E-state index < -0.39 is 0 Å². The Labute approximate surface area is 360 Å². The molecule has 1 heterocycles. The van der Waals surface area contributed by atoms with Gasteiger partial charge in [-0.05, 0) is 121 Å². The molecule has 2 nitrogen and oxygen atoms in total. The molecular formula is C60H40N2. The molecule has 0 radical (unpaired) electrons. The van der Waals surface area contributed by atoms with Gasteiger partial charge in [-0.2, -0.15) is 0 Å². The second-order valence-corrected chi connectivity index (χ2v) is 16.1. The van der Waals surface area contributed by atoms with Crippen LogP contribution in [0.15, 0.2) is 243 Å². The van der Waals surface area contributed by atoms with Crippen LogP contribution in [0.3, 0.4) is 0 Å². The lowest BCUT2D eigenvalue weighted by Gasteiger charge is -2.29. The number of anilines is 3. The molecule has 0 spiro atoms. The molecule has 0 unspecified atom stereocenters. The van der Waals surface area contributed by atoms with Crippen molar-refractivity contribution in [3.63, 3.8) is 0 Å². The smallest absolute Gasteiger partial charge is 0.0547 e. The molecule has 62 heavy (non-hydrogen) atoms. The van der Waals surface area contributed by atoms with E-state index in [-0.39, 0.29) is 0 Å². The van der Waals surface area contributed by atoms with Gasteiger partial charge in [0.2, 0.25) is 0 Å². The Morgan fingerprint density at radius 3 is 1.56 bits per heavy atom. The van der Waals surface area contributed by atoms with Crippen molar-refractivity contribution in [1.29, 1.82) is 0 Å². The number of hydrogen-bond acceptors (Lipinski definition) is 1. The van der Waals surface area contributed by atoms with Gasteiger partial charge in [-0.3, -0.25) is 0 Å². The maximum absolute atomic E-state index is 2.49. The summed E-state index contributed by atoms with van der Waals surface area (Å²) in [6, 6.07) is 88.7. The Balaban J connectivity index is 1.15. The number of benzene rings is 11. The van der Waals surface area contributed by atoms with Gasteiger partial charge < -0.3 is 9.47 Å². The zero-order valence-corrected chi connectivity index (χ0v) is 34.0. The Hall–Kier alpha value is -8.20. The minimum atomic E-state index is 1.08. The number of aromatic nitrogens is 1. The molecular weight excluding hydrogens is 749 g/mol. The fourth-order valence-corrected chi connectivity index (χ4v) is 9.72. The Bertz CT molecular complexity index is 3570.